The van der Waals surface area contributed by atoms with Gasteiger partial charge in [-0.2, -0.15) is 0 Å². The van der Waals surface area contributed by atoms with Crippen molar-refractivity contribution in [3.63, 3.8) is 0 Å². The summed E-state index contributed by atoms with van der Waals surface area (Å²) in [5, 5.41) is 11.9. The van der Waals surface area contributed by atoms with Crippen molar-refractivity contribution in [3.05, 3.63) is 28.8 Å². The van der Waals surface area contributed by atoms with E-state index >= 15 is 0 Å². The van der Waals surface area contributed by atoms with Crippen LogP contribution in [0.25, 0.3) is 0 Å². The summed E-state index contributed by atoms with van der Waals surface area (Å²) in [4.78, 5) is 25.0. The van der Waals surface area contributed by atoms with E-state index in [1.807, 2.05) is 13.8 Å². The van der Waals surface area contributed by atoms with Gasteiger partial charge in [0, 0.05) is 17.3 Å². The minimum atomic E-state index is -1.10. The number of aromatic carboxylic acids is 1. The molecule has 1 saturated heterocycles. The second-order valence-corrected chi connectivity index (χ2v) is 5.92. The molecule has 0 aliphatic carbocycles. The van der Waals surface area contributed by atoms with Gasteiger partial charge in [0.15, 0.2) is 0 Å². The number of carboxylic acids is 1. The van der Waals surface area contributed by atoms with Crippen LogP contribution in [0.4, 0.5) is 10.5 Å². The third-order valence-corrected chi connectivity index (χ3v) is 3.50. The number of hydrogen-bond donors (Lipinski definition) is 2. The van der Waals surface area contributed by atoms with Gasteiger partial charge in [-0.05, 0) is 32.0 Å². The fraction of sp³-hybridized carbons (Fsp3) is 0.429. The third kappa shape index (κ3) is 3.65. The molecule has 1 heterocycles. The molecule has 1 aromatic carbocycles. The maximum Gasteiger partial charge on any atom is 0.335 e. The van der Waals surface area contributed by atoms with Gasteiger partial charge < -0.3 is 20.1 Å². The Morgan fingerprint density at radius 3 is 2.71 bits per heavy atom. The molecule has 1 aliphatic heterocycles. The number of nitrogens with one attached hydrogen (secondary N) is 1. The monoisotopic (exact) mass is 312 g/mol. The first-order valence-electron chi connectivity index (χ1n) is 6.50. The number of halogens is 1. The van der Waals surface area contributed by atoms with Crippen LogP contribution in [0.15, 0.2) is 18.2 Å². The van der Waals surface area contributed by atoms with E-state index in [1.165, 1.54) is 18.2 Å². The summed E-state index contributed by atoms with van der Waals surface area (Å²) in [7, 11) is 0. The molecule has 1 fully saturated rings. The zero-order chi connectivity index (χ0) is 15.6. The van der Waals surface area contributed by atoms with Crippen molar-refractivity contribution in [2.24, 2.45) is 0 Å². The van der Waals surface area contributed by atoms with E-state index in [0.717, 1.165) is 0 Å². The second-order valence-electron chi connectivity index (χ2n) is 5.48. The van der Waals surface area contributed by atoms with Crippen LogP contribution in [-0.4, -0.2) is 47.3 Å². The smallest absolute Gasteiger partial charge is 0.335 e. The summed E-state index contributed by atoms with van der Waals surface area (Å²) in [5.74, 6) is -1.10. The standard InChI is InChI=1S/C14H17ClN2O4/c1-14(2)8-21-4-3-17(14)13(20)16-11-6-9(12(18)19)5-10(15)7-11/h5-7H,3-4,8H2,1-2H3,(H,16,20)(H,18,19). The molecule has 0 radical (unpaired) electrons. The summed E-state index contributed by atoms with van der Waals surface area (Å²) in [6.07, 6.45) is 0. The van der Waals surface area contributed by atoms with Gasteiger partial charge in [0.05, 0.1) is 24.3 Å². The molecular formula is C14H17ClN2O4. The number of anilines is 1. The molecule has 2 rings (SSSR count). The lowest BCUT2D eigenvalue weighted by Gasteiger charge is -2.41. The summed E-state index contributed by atoms with van der Waals surface area (Å²) in [6, 6.07) is 3.92. The first kappa shape index (κ1) is 15.6. The molecule has 2 N–H and O–H groups in total. The number of morpholine rings is 1. The molecule has 1 aliphatic rings. The summed E-state index contributed by atoms with van der Waals surface area (Å²) in [5.41, 5.74) is -0.0393. The van der Waals surface area contributed by atoms with Crippen molar-refractivity contribution in [2.45, 2.75) is 19.4 Å². The summed E-state index contributed by atoms with van der Waals surface area (Å²) in [6.45, 7) is 5.23. The van der Waals surface area contributed by atoms with Gasteiger partial charge in [-0.3, -0.25) is 0 Å². The minimum Gasteiger partial charge on any atom is -0.478 e. The zero-order valence-electron chi connectivity index (χ0n) is 11.9. The zero-order valence-corrected chi connectivity index (χ0v) is 12.6. The number of carboxylic acid groups (broad SMARTS) is 1. The highest BCUT2D eigenvalue weighted by Crippen LogP contribution is 2.23. The van der Waals surface area contributed by atoms with Gasteiger partial charge in [0.25, 0.3) is 0 Å². The highest BCUT2D eigenvalue weighted by molar-refractivity contribution is 6.31. The Bertz CT molecular complexity index is 574. The predicted molar refractivity (Wildman–Crippen MR) is 79.0 cm³/mol. The summed E-state index contributed by atoms with van der Waals surface area (Å²) >= 11 is 5.87. The van der Waals surface area contributed by atoms with Crippen molar-refractivity contribution in [2.75, 3.05) is 25.1 Å². The van der Waals surface area contributed by atoms with Crippen molar-refractivity contribution in [1.29, 1.82) is 0 Å². The van der Waals surface area contributed by atoms with Gasteiger partial charge in [-0.25, -0.2) is 9.59 Å². The normalized spacial score (nSPS) is 17.4. The van der Waals surface area contributed by atoms with E-state index in [9.17, 15) is 9.59 Å². The van der Waals surface area contributed by atoms with Gasteiger partial charge in [0.2, 0.25) is 0 Å². The average Bonchev–Trinajstić information content (AvgIpc) is 2.37. The minimum absolute atomic E-state index is 0.0269. The van der Waals surface area contributed by atoms with Crippen LogP contribution in [0.3, 0.4) is 0 Å². The summed E-state index contributed by atoms with van der Waals surface area (Å²) < 4.78 is 5.36. The SMILES string of the molecule is CC1(C)COCCN1C(=O)Nc1cc(Cl)cc(C(=O)O)c1. The highest BCUT2D eigenvalue weighted by Gasteiger charge is 2.34. The van der Waals surface area contributed by atoms with E-state index < -0.39 is 11.5 Å². The Kier molecular flexibility index (Phi) is 4.39. The average molecular weight is 313 g/mol. The Morgan fingerprint density at radius 1 is 1.38 bits per heavy atom. The van der Waals surface area contributed by atoms with Crippen LogP contribution in [-0.2, 0) is 4.74 Å². The molecule has 0 unspecified atom stereocenters. The third-order valence-electron chi connectivity index (χ3n) is 3.29. The van der Waals surface area contributed by atoms with E-state index in [1.54, 1.807) is 4.90 Å². The second kappa shape index (κ2) is 5.91. The lowest BCUT2D eigenvalue weighted by Crippen LogP contribution is -2.56. The van der Waals surface area contributed by atoms with Gasteiger partial charge in [-0.15, -0.1) is 0 Å². The van der Waals surface area contributed by atoms with Crippen LogP contribution in [0.1, 0.15) is 24.2 Å². The maximum atomic E-state index is 12.3. The number of hydrogen-bond acceptors (Lipinski definition) is 3. The first-order chi connectivity index (χ1) is 9.79. The highest BCUT2D eigenvalue weighted by atomic mass is 35.5. The number of carbonyl (C=O) groups is 2. The molecule has 114 valence electrons. The van der Waals surface area contributed by atoms with E-state index in [2.05, 4.69) is 5.32 Å². The molecule has 2 amide bonds. The van der Waals surface area contributed by atoms with E-state index in [4.69, 9.17) is 21.4 Å². The Labute approximate surface area is 127 Å². The molecule has 7 heteroatoms. The maximum absolute atomic E-state index is 12.3. The van der Waals surface area contributed by atoms with Crippen molar-refractivity contribution in [1.82, 2.24) is 4.90 Å². The Morgan fingerprint density at radius 2 is 2.10 bits per heavy atom. The first-order valence-corrected chi connectivity index (χ1v) is 6.88. The number of nitrogens with zero attached hydrogens (tertiary/aromatic N) is 1. The number of carbonyl (C=O) groups excluding carboxylic acids is 1. The molecule has 0 bridgehead atoms. The van der Waals surface area contributed by atoms with Crippen LogP contribution in [0.5, 0.6) is 0 Å². The van der Waals surface area contributed by atoms with Gasteiger partial charge in [-0.1, -0.05) is 11.6 Å². The number of ether oxygens (including phenoxy) is 1. The Balaban J connectivity index is 2.17. The van der Waals surface area contributed by atoms with Crippen LogP contribution in [0.2, 0.25) is 5.02 Å². The quantitative estimate of drug-likeness (QED) is 0.880. The van der Waals surface area contributed by atoms with Gasteiger partial charge >= 0.3 is 12.0 Å². The molecule has 0 saturated carbocycles. The predicted octanol–water partition coefficient (Wildman–Crippen LogP) is 2.68. The van der Waals surface area contributed by atoms with Gasteiger partial charge in [0.1, 0.15) is 0 Å². The fourth-order valence-electron chi connectivity index (χ4n) is 2.21. The molecule has 21 heavy (non-hydrogen) atoms. The largest absolute Gasteiger partial charge is 0.478 e. The fourth-order valence-corrected chi connectivity index (χ4v) is 2.45. The number of benzene rings is 1. The molecular weight excluding hydrogens is 296 g/mol. The number of urea groups is 1. The van der Waals surface area contributed by atoms with Crippen LogP contribution >= 0.6 is 11.6 Å². The Hall–Kier alpha value is -1.79. The van der Waals surface area contributed by atoms with Crippen LogP contribution < -0.4 is 5.32 Å². The lowest BCUT2D eigenvalue weighted by molar-refractivity contribution is -0.0249. The molecule has 0 spiro atoms. The molecule has 6 nitrogen and oxygen atoms in total. The lowest BCUT2D eigenvalue weighted by atomic mass is 10.0. The van der Waals surface area contributed by atoms with E-state index in [0.29, 0.717) is 25.4 Å². The van der Waals surface area contributed by atoms with Crippen LogP contribution in [0, 0.1) is 0 Å². The van der Waals surface area contributed by atoms with Crippen molar-refractivity contribution in [3.8, 4) is 0 Å². The van der Waals surface area contributed by atoms with Crippen molar-refractivity contribution >= 4 is 29.3 Å². The van der Waals surface area contributed by atoms with E-state index in [-0.39, 0.29) is 16.6 Å². The number of amides is 2. The molecule has 0 aromatic heterocycles. The molecule has 0 atom stereocenters. The number of rotatable bonds is 2. The topological polar surface area (TPSA) is 78.9 Å². The molecule has 1 aromatic rings. The van der Waals surface area contributed by atoms with Crippen molar-refractivity contribution < 1.29 is 19.4 Å².